The van der Waals surface area contributed by atoms with Crippen LogP contribution < -0.4 is 0 Å². The second-order valence-electron chi connectivity index (χ2n) is 3.22. The van der Waals surface area contributed by atoms with E-state index in [1.54, 1.807) is 5.38 Å². The number of hydrogen-bond donors (Lipinski definition) is 1. The molecule has 0 spiro atoms. The fourth-order valence-corrected chi connectivity index (χ4v) is 1.83. The smallest absolute Gasteiger partial charge is 0.411 e. The lowest BCUT2D eigenvalue weighted by Crippen LogP contribution is -2.17. The molecular formula is C9H10F3NO3S. The summed E-state index contributed by atoms with van der Waals surface area (Å²) in [7, 11) is 0. The number of ether oxygens (including phenoxy) is 1. The quantitative estimate of drug-likeness (QED) is 0.801. The molecule has 0 unspecified atom stereocenters. The second-order valence-corrected chi connectivity index (χ2v) is 4.16. The minimum atomic E-state index is -4.32. The Kier molecular flexibility index (Phi) is 4.88. The Morgan fingerprint density at radius 1 is 1.53 bits per heavy atom. The summed E-state index contributed by atoms with van der Waals surface area (Å²) in [4.78, 5) is 14.3. The van der Waals surface area contributed by atoms with Gasteiger partial charge in [0, 0.05) is 11.8 Å². The number of nitrogens with zero attached hydrogens (tertiary/aromatic N) is 1. The fraction of sp³-hybridized carbons (Fsp3) is 0.556. The van der Waals surface area contributed by atoms with E-state index < -0.39 is 18.8 Å². The van der Waals surface area contributed by atoms with E-state index in [1.165, 1.54) is 11.3 Å². The van der Waals surface area contributed by atoms with E-state index in [-0.39, 0.29) is 19.4 Å². The molecule has 1 N–H and O–H groups in total. The van der Waals surface area contributed by atoms with Crippen LogP contribution in [0.25, 0.3) is 0 Å². The average molecular weight is 269 g/mol. The zero-order valence-corrected chi connectivity index (χ0v) is 9.48. The van der Waals surface area contributed by atoms with Gasteiger partial charge in [-0.25, -0.2) is 4.98 Å². The lowest BCUT2D eigenvalue weighted by atomic mass is 10.3. The SMILES string of the molecule is O=C(O)Cc1csc(CCOCC(F)(F)F)n1. The van der Waals surface area contributed by atoms with E-state index in [9.17, 15) is 18.0 Å². The van der Waals surface area contributed by atoms with Crippen molar-refractivity contribution < 1.29 is 27.8 Å². The van der Waals surface area contributed by atoms with Crippen LogP contribution in [-0.2, 0) is 22.4 Å². The van der Waals surface area contributed by atoms with Gasteiger partial charge in [0.15, 0.2) is 0 Å². The molecule has 0 bridgehead atoms. The third-order valence-corrected chi connectivity index (χ3v) is 2.62. The maximum absolute atomic E-state index is 11.7. The van der Waals surface area contributed by atoms with Gasteiger partial charge in [-0.2, -0.15) is 13.2 Å². The van der Waals surface area contributed by atoms with Gasteiger partial charge in [-0.05, 0) is 0 Å². The van der Waals surface area contributed by atoms with Gasteiger partial charge >= 0.3 is 12.1 Å². The highest BCUT2D eigenvalue weighted by Gasteiger charge is 2.27. The molecule has 0 atom stereocenters. The first-order chi connectivity index (χ1) is 7.87. The predicted molar refractivity (Wildman–Crippen MR) is 54.0 cm³/mol. The molecule has 0 fully saturated rings. The Labute approximate surface area is 99.0 Å². The zero-order chi connectivity index (χ0) is 12.9. The number of carboxylic acid groups (broad SMARTS) is 1. The summed E-state index contributed by atoms with van der Waals surface area (Å²) in [5.41, 5.74) is 0.410. The highest BCUT2D eigenvalue weighted by molar-refractivity contribution is 7.09. The zero-order valence-electron chi connectivity index (χ0n) is 8.66. The molecule has 0 saturated heterocycles. The molecule has 4 nitrogen and oxygen atoms in total. The van der Waals surface area contributed by atoms with Crippen molar-refractivity contribution in [2.75, 3.05) is 13.2 Å². The summed E-state index contributed by atoms with van der Waals surface area (Å²) in [5.74, 6) is -0.991. The van der Waals surface area contributed by atoms with Gasteiger partial charge in [0.1, 0.15) is 6.61 Å². The summed E-state index contributed by atoms with van der Waals surface area (Å²) >= 11 is 1.21. The summed E-state index contributed by atoms with van der Waals surface area (Å²) in [6, 6.07) is 0. The van der Waals surface area contributed by atoms with Gasteiger partial charge < -0.3 is 9.84 Å². The lowest BCUT2D eigenvalue weighted by molar-refractivity contribution is -0.173. The molecule has 96 valence electrons. The third-order valence-electron chi connectivity index (χ3n) is 1.66. The van der Waals surface area contributed by atoms with Gasteiger partial charge in [-0.3, -0.25) is 4.79 Å². The van der Waals surface area contributed by atoms with E-state index in [0.29, 0.717) is 10.7 Å². The minimum Gasteiger partial charge on any atom is -0.481 e. The van der Waals surface area contributed by atoms with E-state index >= 15 is 0 Å². The Morgan fingerprint density at radius 3 is 2.82 bits per heavy atom. The van der Waals surface area contributed by atoms with Crippen LogP contribution in [0.1, 0.15) is 10.7 Å². The number of carbonyl (C=O) groups is 1. The number of carboxylic acids is 1. The van der Waals surface area contributed by atoms with Crippen LogP contribution in [0, 0.1) is 0 Å². The van der Waals surface area contributed by atoms with Gasteiger partial charge in [-0.15, -0.1) is 11.3 Å². The number of halogens is 3. The van der Waals surface area contributed by atoms with Crippen LogP contribution in [0.15, 0.2) is 5.38 Å². The molecule has 0 aliphatic heterocycles. The van der Waals surface area contributed by atoms with Crippen molar-refractivity contribution in [1.29, 1.82) is 0 Å². The number of hydrogen-bond acceptors (Lipinski definition) is 4. The third kappa shape index (κ3) is 6.22. The van der Waals surface area contributed by atoms with E-state index in [1.807, 2.05) is 0 Å². The van der Waals surface area contributed by atoms with Crippen molar-refractivity contribution in [3.8, 4) is 0 Å². The van der Waals surface area contributed by atoms with E-state index in [4.69, 9.17) is 5.11 Å². The highest BCUT2D eigenvalue weighted by Crippen LogP contribution is 2.15. The number of rotatable bonds is 6. The maximum Gasteiger partial charge on any atom is 0.411 e. The predicted octanol–water partition coefficient (Wildman–Crippen LogP) is 1.89. The van der Waals surface area contributed by atoms with Crippen LogP contribution in [0.4, 0.5) is 13.2 Å². The van der Waals surface area contributed by atoms with Gasteiger partial charge in [-0.1, -0.05) is 0 Å². The number of aromatic nitrogens is 1. The van der Waals surface area contributed by atoms with Crippen LogP contribution >= 0.6 is 11.3 Å². The lowest BCUT2D eigenvalue weighted by Gasteiger charge is -2.06. The molecule has 17 heavy (non-hydrogen) atoms. The monoisotopic (exact) mass is 269 g/mol. The first-order valence-electron chi connectivity index (χ1n) is 4.66. The molecule has 1 aromatic heterocycles. The molecule has 0 radical (unpaired) electrons. The Hall–Kier alpha value is -1.15. The van der Waals surface area contributed by atoms with Crippen LogP contribution in [-0.4, -0.2) is 35.4 Å². The van der Waals surface area contributed by atoms with Crippen LogP contribution in [0.2, 0.25) is 0 Å². The highest BCUT2D eigenvalue weighted by atomic mass is 32.1. The van der Waals surface area contributed by atoms with Crippen molar-refractivity contribution in [3.63, 3.8) is 0 Å². The van der Waals surface area contributed by atoms with Crippen molar-refractivity contribution >= 4 is 17.3 Å². The normalized spacial score (nSPS) is 11.7. The number of alkyl halides is 3. The largest absolute Gasteiger partial charge is 0.481 e. The molecular weight excluding hydrogens is 259 g/mol. The fourth-order valence-electron chi connectivity index (χ4n) is 1.05. The van der Waals surface area contributed by atoms with Crippen molar-refractivity contribution in [2.45, 2.75) is 19.0 Å². The molecule has 0 saturated carbocycles. The topological polar surface area (TPSA) is 59.4 Å². The summed E-state index contributed by atoms with van der Waals surface area (Å²) in [5, 5.41) is 10.6. The summed E-state index contributed by atoms with van der Waals surface area (Å²) < 4.78 is 39.6. The number of thiazole rings is 1. The van der Waals surface area contributed by atoms with Crippen molar-refractivity contribution in [2.24, 2.45) is 0 Å². The molecule has 8 heteroatoms. The summed E-state index contributed by atoms with van der Waals surface area (Å²) in [6.45, 7) is -1.36. The average Bonchev–Trinajstić information content (AvgIpc) is 2.58. The van der Waals surface area contributed by atoms with Gasteiger partial charge in [0.25, 0.3) is 0 Å². The molecule has 1 heterocycles. The van der Waals surface area contributed by atoms with Gasteiger partial charge in [0.05, 0.1) is 23.7 Å². The molecule has 1 aromatic rings. The Bertz CT molecular complexity index is 378. The van der Waals surface area contributed by atoms with Gasteiger partial charge in [0.2, 0.25) is 0 Å². The van der Waals surface area contributed by atoms with Crippen molar-refractivity contribution in [3.05, 3.63) is 16.1 Å². The molecule has 0 aromatic carbocycles. The molecule has 0 amide bonds. The Balaban J connectivity index is 2.28. The van der Waals surface area contributed by atoms with Crippen LogP contribution in [0.3, 0.4) is 0 Å². The second kappa shape index (κ2) is 5.97. The van der Waals surface area contributed by atoms with E-state index in [2.05, 4.69) is 9.72 Å². The maximum atomic E-state index is 11.7. The Morgan fingerprint density at radius 2 is 2.24 bits per heavy atom. The number of aliphatic carboxylic acids is 1. The first-order valence-corrected chi connectivity index (χ1v) is 5.54. The van der Waals surface area contributed by atoms with Crippen LogP contribution in [0.5, 0.6) is 0 Å². The van der Waals surface area contributed by atoms with Crippen molar-refractivity contribution in [1.82, 2.24) is 4.98 Å². The standard InChI is InChI=1S/C9H10F3NO3S/c10-9(11,12)5-16-2-1-7-13-6(4-17-7)3-8(14)15/h4H,1-3,5H2,(H,14,15). The molecule has 0 aliphatic carbocycles. The van der Waals surface area contributed by atoms with E-state index in [0.717, 1.165) is 0 Å². The summed E-state index contributed by atoms with van der Waals surface area (Å²) in [6.07, 6.45) is -4.25. The molecule has 0 aliphatic rings. The molecule has 1 rings (SSSR count). The minimum absolute atomic E-state index is 0.0838. The first kappa shape index (κ1) is 13.9.